The summed E-state index contributed by atoms with van der Waals surface area (Å²) in [5.74, 6) is 3.71. The minimum absolute atomic E-state index is 0.741. The van der Waals surface area contributed by atoms with Gasteiger partial charge in [-0.3, -0.25) is 0 Å². The zero-order valence-corrected chi connectivity index (χ0v) is 17.5. The van der Waals surface area contributed by atoms with Crippen LogP contribution in [-0.4, -0.2) is 85.5 Å². The molecule has 2 aromatic heterocycles. The monoisotopic (exact) mass is 410 g/mol. The van der Waals surface area contributed by atoms with Gasteiger partial charge in [-0.05, 0) is 31.4 Å². The Labute approximate surface area is 177 Å². The summed E-state index contributed by atoms with van der Waals surface area (Å²) < 4.78 is 5.44. The Kier molecular flexibility index (Phi) is 5.78. The second-order valence-electron chi connectivity index (χ2n) is 8.05. The molecule has 0 atom stereocenters. The second-order valence-corrected chi connectivity index (χ2v) is 8.05. The molecule has 9 heteroatoms. The third-order valence-corrected chi connectivity index (χ3v) is 6.12. The number of aromatic nitrogens is 4. The maximum absolute atomic E-state index is 5.44. The summed E-state index contributed by atoms with van der Waals surface area (Å²) in [5, 5.41) is 0. The predicted octanol–water partition coefficient (Wildman–Crippen LogP) is 1.42. The van der Waals surface area contributed by atoms with Crippen molar-refractivity contribution in [2.24, 2.45) is 0 Å². The fourth-order valence-corrected chi connectivity index (χ4v) is 4.36. The predicted molar refractivity (Wildman–Crippen MR) is 118 cm³/mol. The van der Waals surface area contributed by atoms with E-state index in [1.165, 1.54) is 19.3 Å². The lowest BCUT2D eigenvalue weighted by atomic mass is 10.1. The van der Waals surface area contributed by atoms with E-state index in [9.17, 15) is 0 Å². The summed E-state index contributed by atoms with van der Waals surface area (Å²) in [6.45, 7) is 9.00. The first-order valence-corrected chi connectivity index (χ1v) is 11.1. The van der Waals surface area contributed by atoms with Crippen LogP contribution in [0.3, 0.4) is 0 Å². The van der Waals surface area contributed by atoms with E-state index in [1.54, 1.807) is 0 Å². The number of piperazine rings is 1. The van der Waals surface area contributed by atoms with Gasteiger partial charge in [0.15, 0.2) is 0 Å². The summed E-state index contributed by atoms with van der Waals surface area (Å²) in [5.41, 5.74) is 0. The number of hydrogen-bond donors (Lipinski definition) is 0. The standard InChI is InChI=1S/C21H30N8O/c1-2-8-28(9-3-1)20-22-6-4-18(24-20)26-10-12-27(13-11-26)19-5-7-23-21(25-19)29-14-16-30-17-15-29/h4-7H,1-3,8-17H2. The molecule has 3 aliphatic heterocycles. The lowest BCUT2D eigenvalue weighted by Gasteiger charge is -2.37. The molecule has 5 heterocycles. The molecule has 3 fully saturated rings. The van der Waals surface area contributed by atoms with Crippen LogP contribution in [0.15, 0.2) is 24.5 Å². The Bertz CT molecular complexity index is 760. The minimum atomic E-state index is 0.741. The van der Waals surface area contributed by atoms with Gasteiger partial charge in [0.25, 0.3) is 0 Å². The van der Waals surface area contributed by atoms with Gasteiger partial charge in [0.2, 0.25) is 11.9 Å². The number of nitrogens with zero attached hydrogens (tertiary/aromatic N) is 8. The Morgan fingerprint density at radius 3 is 1.60 bits per heavy atom. The molecule has 0 unspecified atom stereocenters. The van der Waals surface area contributed by atoms with Crippen LogP contribution in [0, 0.1) is 0 Å². The highest BCUT2D eigenvalue weighted by Crippen LogP contribution is 2.22. The van der Waals surface area contributed by atoms with Crippen molar-refractivity contribution in [2.45, 2.75) is 19.3 Å². The molecule has 0 spiro atoms. The number of rotatable bonds is 4. The number of anilines is 4. The summed E-state index contributed by atoms with van der Waals surface area (Å²) in [7, 11) is 0. The normalized spacial score (nSPS) is 20.5. The van der Waals surface area contributed by atoms with E-state index in [0.29, 0.717) is 0 Å². The molecule has 160 valence electrons. The Hall–Kier alpha value is -2.68. The fourth-order valence-electron chi connectivity index (χ4n) is 4.36. The molecule has 0 saturated carbocycles. The molecular formula is C21H30N8O. The lowest BCUT2D eigenvalue weighted by Crippen LogP contribution is -2.47. The first kappa shape index (κ1) is 19.3. The first-order chi connectivity index (χ1) is 14.9. The van der Waals surface area contributed by atoms with Crippen LogP contribution in [-0.2, 0) is 4.74 Å². The smallest absolute Gasteiger partial charge is 0.227 e. The Balaban J connectivity index is 1.22. The third-order valence-electron chi connectivity index (χ3n) is 6.12. The molecule has 0 amide bonds. The molecular weight excluding hydrogens is 380 g/mol. The van der Waals surface area contributed by atoms with Crippen molar-refractivity contribution in [3.8, 4) is 0 Å². The SMILES string of the molecule is c1cc(N2CCN(c3ccnc(N4CCOCC4)n3)CC2)nc(N2CCCCC2)n1. The summed E-state index contributed by atoms with van der Waals surface area (Å²) in [6.07, 6.45) is 7.55. The highest BCUT2D eigenvalue weighted by molar-refractivity contribution is 5.49. The maximum atomic E-state index is 5.44. The van der Waals surface area contributed by atoms with Gasteiger partial charge in [-0.1, -0.05) is 0 Å². The van der Waals surface area contributed by atoms with Crippen molar-refractivity contribution in [3.05, 3.63) is 24.5 Å². The molecule has 2 aromatic rings. The molecule has 3 saturated heterocycles. The average Bonchev–Trinajstić information content (AvgIpc) is 2.85. The molecule has 0 radical (unpaired) electrons. The summed E-state index contributed by atoms with van der Waals surface area (Å²) >= 11 is 0. The molecule has 0 aliphatic carbocycles. The molecule has 0 aromatic carbocycles. The number of morpholine rings is 1. The number of ether oxygens (including phenoxy) is 1. The second kappa shape index (κ2) is 8.99. The number of piperidine rings is 1. The van der Waals surface area contributed by atoms with E-state index in [1.807, 2.05) is 24.5 Å². The van der Waals surface area contributed by atoms with Crippen molar-refractivity contribution >= 4 is 23.5 Å². The van der Waals surface area contributed by atoms with E-state index >= 15 is 0 Å². The molecule has 30 heavy (non-hydrogen) atoms. The van der Waals surface area contributed by atoms with Crippen molar-refractivity contribution < 1.29 is 4.74 Å². The first-order valence-electron chi connectivity index (χ1n) is 11.1. The van der Waals surface area contributed by atoms with E-state index < -0.39 is 0 Å². The van der Waals surface area contributed by atoms with Crippen LogP contribution in [0.2, 0.25) is 0 Å². The Morgan fingerprint density at radius 2 is 1.07 bits per heavy atom. The van der Waals surface area contributed by atoms with Gasteiger partial charge in [-0.15, -0.1) is 0 Å². The quantitative estimate of drug-likeness (QED) is 0.744. The summed E-state index contributed by atoms with van der Waals surface area (Å²) in [4.78, 5) is 27.9. The largest absolute Gasteiger partial charge is 0.378 e. The maximum Gasteiger partial charge on any atom is 0.227 e. The lowest BCUT2D eigenvalue weighted by molar-refractivity contribution is 0.122. The fraction of sp³-hybridized carbons (Fsp3) is 0.619. The van der Waals surface area contributed by atoms with Gasteiger partial charge in [0, 0.05) is 64.8 Å². The Morgan fingerprint density at radius 1 is 0.567 bits per heavy atom. The van der Waals surface area contributed by atoms with Crippen molar-refractivity contribution in [1.29, 1.82) is 0 Å². The summed E-state index contributed by atoms with van der Waals surface area (Å²) in [6, 6.07) is 4.04. The van der Waals surface area contributed by atoms with Crippen molar-refractivity contribution in [2.75, 3.05) is 85.2 Å². The van der Waals surface area contributed by atoms with Crippen LogP contribution >= 0.6 is 0 Å². The van der Waals surface area contributed by atoms with Gasteiger partial charge >= 0.3 is 0 Å². The molecule has 0 N–H and O–H groups in total. The van der Waals surface area contributed by atoms with Gasteiger partial charge in [0.05, 0.1) is 13.2 Å². The van der Waals surface area contributed by atoms with Crippen LogP contribution in [0.5, 0.6) is 0 Å². The zero-order valence-electron chi connectivity index (χ0n) is 17.5. The average molecular weight is 411 g/mol. The van der Waals surface area contributed by atoms with Crippen LogP contribution in [0.25, 0.3) is 0 Å². The highest BCUT2D eigenvalue weighted by atomic mass is 16.5. The van der Waals surface area contributed by atoms with Gasteiger partial charge < -0.3 is 24.3 Å². The van der Waals surface area contributed by atoms with Crippen molar-refractivity contribution in [1.82, 2.24) is 19.9 Å². The van der Waals surface area contributed by atoms with E-state index in [2.05, 4.69) is 29.6 Å². The topological polar surface area (TPSA) is 73.8 Å². The molecule has 0 bridgehead atoms. The molecule has 5 rings (SSSR count). The van der Waals surface area contributed by atoms with Gasteiger partial charge in [0.1, 0.15) is 11.6 Å². The van der Waals surface area contributed by atoms with E-state index in [0.717, 1.165) is 89.1 Å². The van der Waals surface area contributed by atoms with Crippen LogP contribution in [0.1, 0.15) is 19.3 Å². The van der Waals surface area contributed by atoms with Crippen LogP contribution < -0.4 is 19.6 Å². The van der Waals surface area contributed by atoms with Gasteiger partial charge in [-0.2, -0.15) is 9.97 Å². The highest BCUT2D eigenvalue weighted by Gasteiger charge is 2.22. The van der Waals surface area contributed by atoms with Crippen molar-refractivity contribution in [3.63, 3.8) is 0 Å². The minimum Gasteiger partial charge on any atom is -0.378 e. The molecule has 3 aliphatic rings. The van der Waals surface area contributed by atoms with E-state index in [-0.39, 0.29) is 0 Å². The number of hydrogen-bond acceptors (Lipinski definition) is 9. The van der Waals surface area contributed by atoms with Gasteiger partial charge in [-0.25, -0.2) is 9.97 Å². The zero-order chi connectivity index (χ0) is 20.2. The third kappa shape index (κ3) is 4.26. The van der Waals surface area contributed by atoms with E-state index in [4.69, 9.17) is 14.7 Å². The van der Waals surface area contributed by atoms with Crippen LogP contribution in [0.4, 0.5) is 23.5 Å². The molecule has 9 nitrogen and oxygen atoms in total.